The van der Waals surface area contributed by atoms with E-state index in [2.05, 4.69) is 33.6 Å². The van der Waals surface area contributed by atoms with E-state index < -0.39 is 0 Å². The molecule has 2 rings (SSSR count). The number of hydrogen-bond acceptors (Lipinski definition) is 5. The monoisotopic (exact) mass is 235 g/mol. The Morgan fingerprint density at radius 2 is 2.00 bits per heavy atom. The molecular weight excluding hydrogens is 214 g/mol. The second-order valence-electron chi connectivity index (χ2n) is 4.67. The molecule has 0 radical (unpaired) electrons. The largest absolute Gasteiger partial charge is 0.338 e. The molecule has 1 fully saturated rings. The summed E-state index contributed by atoms with van der Waals surface area (Å²) in [5.41, 5.74) is 6.50. The van der Waals surface area contributed by atoms with Gasteiger partial charge in [-0.25, -0.2) is 9.97 Å². The maximum Gasteiger partial charge on any atom is 0.225 e. The summed E-state index contributed by atoms with van der Waals surface area (Å²) in [6, 6.07) is 2.49. The normalized spacial score (nSPS) is 17.8. The Bertz CT molecular complexity index is 358. The minimum atomic E-state index is 0.474. The summed E-state index contributed by atoms with van der Waals surface area (Å²) in [6.07, 6.45) is 1.79. The van der Waals surface area contributed by atoms with Crippen LogP contribution in [0.5, 0.6) is 0 Å². The fourth-order valence-electron chi connectivity index (χ4n) is 2.09. The minimum absolute atomic E-state index is 0.474. The van der Waals surface area contributed by atoms with Gasteiger partial charge in [0.1, 0.15) is 0 Å². The zero-order valence-electron chi connectivity index (χ0n) is 10.6. The van der Waals surface area contributed by atoms with Gasteiger partial charge in [-0.05, 0) is 19.9 Å². The van der Waals surface area contributed by atoms with Gasteiger partial charge in [-0.2, -0.15) is 0 Å². The fourth-order valence-corrected chi connectivity index (χ4v) is 2.09. The molecule has 0 atom stereocenters. The van der Waals surface area contributed by atoms with Gasteiger partial charge in [-0.3, -0.25) is 4.90 Å². The molecule has 0 saturated carbocycles. The second kappa shape index (κ2) is 5.42. The Balaban J connectivity index is 2.00. The van der Waals surface area contributed by atoms with Crippen molar-refractivity contribution in [1.82, 2.24) is 14.9 Å². The van der Waals surface area contributed by atoms with Crippen LogP contribution >= 0.6 is 0 Å². The van der Waals surface area contributed by atoms with Crippen molar-refractivity contribution < 1.29 is 0 Å². The molecule has 0 bridgehead atoms. The molecule has 1 aliphatic rings. The molecule has 5 nitrogen and oxygen atoms in total. The summed E-state index contributed by atoms with van der Waals surface area (Å²) < 4.78 is 0. The highest BCUT2D eigenvalue weighted by Gasteiger charge is 2.20. The first-order valence-electron chi connectivity index (χ1n) is 6.21. The van der Waals surface area contributed by atoms with Gasteiger partial charge in [0, 0.05) is 45.0 Å². The van der Waals surface area contributed by atoms with Crippen LogP contribution in [0.3, 0.4) is 0 Å². The number of aromatic nitrogens is 2. The summed E-state index contributed by atoms with van der Waals surface area (Å²) in [4.78, 5) is 13.5. The highest BCUT2D eigenvalue weighted by molar-refractivity contribution is 5.31. The van der Waals surface area contributed by atoms with Crippen LogP contribution in [0.25, 0.3) is 0 Å². The van der Waals surface area contributed by atoms with Crippen LogP contribution in [0, 0.1) is 0 Å². The fraction of sp³-hybridized carbons (Fsp3) is 0.667. The van der Waals surface area contributed by atoms with Gasteiger partial charge in [0.05, 0.1) is 5.69 Å². The summed E-state index contributed by atoms with van der Waals surface area (Å²) in [5.74, 6) is 0.816. The van der Waals surface area contributed by atoms with Gasteiger partial charge in [-0.1, -0.05) is 0 Å². The predicted octanol–water partition coefficient (Wildman–Crippen LogP) is 0.466. The quantitative estimate of drug-likeness (QED) is 0.825. The smallest absolute Gasteiger partial charge is 0.225 e. The Morgan fingerprint density at radius 3 is 2.59 bits per heavy atom. The maximum atomic E-state index is 5.59. The Morgan fingerprint density at radius 1 is 1.29 bits per heavy atom. The summed E-state index contributed by atoms with van der Waals surface area (Å²) in [5, 5.41) is 0. The molecule has 2 N–H and O–H groups in total. The van der Waals surface area contributed by atoms with Crippen molar-refractivity contribution in [1.29, 1.82) is 0 Å². The molecule has 0 unspecified atom stereocenters. The molecule has 2 heterocycles. The van der Waals surface area contributed by atoms with Gasteiger partial charge < -0.3 is 10.6 Å². The van der Waals surface area contributed by atoms with E-state index >= 15 is 0 Å². The first-order chi connectivity index (χ1) is 8.20. The third-order valence-corrected chi connectivity index (χ3v) is 3.24. The lowest BCUT2D eigenvalue weighted by Gasteiger charge is -2.36. The SMILES string of the molecule is CC(C)N1CCN(c2nccc(CN)n2)CC1. The Labute approximate surface area is 103 Å². The third kappa shape index (κ3) is 2.92. The van der Waals surface area contributed by atoms with Crippen LogP contribution in [-0.2, 0) is 6.54 Å². The first kappa shape index (κ1) is 12.3. The number of anilines is 1. The van der Waals surface area contributed by atoms with E-state index in [1.807, 2.05) is 6.07 Å². The van der Waals surface area contributed by atoms with E-state index in [-0.39, 0.29) is 0 Å². The number of piperazine rings is 1. The van der Waals surface area contributed by atoms with Gasteiger partial charge in [-0.15, -0.1) is 0 Å². The predicted molar refractivity (Wildman–Crippen MR) is 68.8 cm³/mol. The molecule has 0 amide bonds. The summed E-state index contributed by atoms with van der Waals surface area (Å²) in [6.45, 7) is 9.09. The standard InChI is InChI=1S/C12H21N5/c1-10(2)16-5-7-17(8-6-16)12-14-4-3-11(9-13)15-12/h3-4,10H,5-9,13H2,1-2H3. The molecule has 0 aromatic carbocycles. The first-order valence-corrected chi connectivity index (χ1v) is 6.21. The van der Waals surface area contributed by atoms with Crippen LogP contribution in [0.1, 0.15) is 19.5 Å². The molecule has 94 valence electrons. The number of nitrogens with zero attached hydrogens (tertiary/aromatic N) is 4. The van der Waals surface area contributed by atoms with E-state index in [0.717, 1.165) is 37.8 Å². The van der Waals surface area contributed by atoms with Gasteiger partial charge in [0.15, 0.2) is 0 Å². The number of hydrogen-bond donors (Lipinski definition) is 1. The Hall–Kier alpha value is -1.20. The lowest BCUT2D eigenvalue weighted by Crippen LogP contribution is -2.49. The molecule has 0 spiro atoms. The molecule has 1 aromatic heterocycles. The Kier molecular flexibility index (Phi) is 3.91. The number of nitrogens with two attached hydrogens (primary N) is 1. The average Bonchev–Trinajstić information content (AvgIpc) is 2.39. The van der Waals surface area contributed by atoms with E-state index in [9.17, 15) is 0 Å². The second-order valence-corrected chi connectivity index (χ2v) is 4.67. The highest BCUT2D eigenvalue weighted by atomic mass is 15.3. The van der Waals surface area contributed by atoms with Crippen molar-refractivity contribution in [3.63, 3.8) is 0 Å². The van der Waals surface area contributed by atoms with E-state index in [1.54, 1.807) is 6.20 Å². The van der Waals surface area contributed by atoms with Crippen LogP contribution < -0.4 is 10.6 Å². The zero-order valence-corrected chi connectivity index (χ0v) is 10.6. The minimum Gasteiger partial charge on any atom is -0.338 e. The molecule has 0 aliphatic carbocycles. The lowest BCUT2D eigenvalue weighted by atomic mass is 10.2. The van der Waals surface area contributed by atoms with E-state index in [1.165, 1.54) is 0 Å². The highest BCUT2D eigenvalue weighted by Crippen LogP contribution is 2.12. The molecular formula is C12H21N5. The molecule has 1 aliphatic heterocycles. The lowest BCUT2D eigenvalue weighted by molar-refractivity contribution is 0.208. The molecule has 1 aromatic rings. The average molecular weight is 235 g/mol. The summed E-state index contributed by atoms with van der Waals surface area (Å²) >= 11 is 0. The summed E-state index contributed by atoms with van der Waals surface area (Å²) in [7, 11) is 0. The van der Waals surface area contributed by atoms with Crippen molar-refractivity contribution in [3.8, 4) is 0 Å². The van der Waals surface area contributed by atoms with E-state index in [0.29, 0.717) is 12.6 Å². The van der Waals surface area contributed by atoms with Crippen LogP contribution in [-0.4, -0.2) is 47.1 Å². The van der Waals surface area contributed by atoms with Gasteiger partial charge >= 0.3 is 0 Å². The van der Waals surface area contributed by atoms with Crippen molar-refractivity contribution in [2.75, 3.05) is 31.1 Å². The van der Waals surface area contributed by atoms with Crippen molar-refractivity contribution in [3.05, 3.63) is 18.0 Å². The van der Waals surface area contributed by atoms with Crippen LogP contribution in [0.4, 0.5) is 5.95 Å². The van der Waals surface area contributed by atoms with Crippen LogP contribution in [0.2, 0.25) is 0 Å². The van der Waals surface area contributed by atoms with E-state index in [4.69, 9.17) is 5.73 Å². The maximum absolute atomic E-state index is 5.59. The van der Waals surface area contributed by atoms with Crippen molar-refractivity contribution in [2.24, 2.45) is 5.73 Å². The van der Waals surface area contributed by atoms with Crippen LogP contribution in [0.15, 0.2) is 12.3 Å². The van der Waals surface area contributed by atoms with Gasteiger partial charge in [0.25, 0.3) is 0 Å². The topological polar surface area (TPSA) is 58.3 Å². The molecule has 1 saturated heterocycles. The number of rotatable bonds is 3. The molecule has 5 heteroatoms. The third-order valence-electron chi connectivity index (χ3n) is 3.24. The van der Waals surface area contributed by atoms with Crippen molar-refractivity contribution in [2.45, 2.75) is 26.4 Å². The zero-order chi connectivity index (χ0) is 12.3. The molecule has 17 heavy (non-hydrogen) atoms. The van der Waals surface area contributed by atoms with Gasteiger partial charge in [0.2, 0.25) is 5.95 Å². The van der Waals surface area contributed by atoms with Crippen molar-refractivity contribution >= 4 is 5.95 Å².